The zero-order valence-corrected chi connectivity index (χ0v) is 15.3. The van der Waals surface area contributed by atoms with E-state index < -0.39 is 9.84 Å². The second-order valence-corrected chi connectivity index (χ2v) is 7.75. The lowest BCUT2D eigenvalue weighted by atomic mass is 10.2. The summed E-state index contributed by atoms with van der Waals surface area (Å²) in [5.41, 5.74) is 1.65. The molecule has 0 spiro atoms. The number of nitrogens with one attached hydrogen (secondary N) is 1. The number of hydrogen-bond donors (Lipinski definition) is 1. The van der Waals surface area contributed by atoms with Crippen molar-refractivity contribution in [2.75, 3.05) is 0 Å². The van der Waals surface area contributed by atoms with E-state index in [1.54, 1.807) is 79.1 Å². The van der Waals surface area contributed by atoms with Gasteiger partial charge in [0.1, 0.15) is 0 Å². The van der Waals surface area contributed by atoms with E-state index in [4.69, 9.17) is 0 Å². The Hall–Kier alpha value is -3.25. The second-order valence-electron chi connectivity index (χ2n) is 5.80. The van der Waals surface area contributed by atoms with Gasteiger partial charge in [-0.05, 0) is 47.5 Å². The number of aromatic nitrogens is 1. The van der Waals surface area contributed by atoms with Crippen molar-refractivity contribution in [3.05, 3.63) is 96.3 Å². The summed E-state index contributed by atoms with van der Waals surface area (Å²) in [7, 11) is -3.53. The monoisotopic (exact) mass is 378 g/mol. The van der Waals surface area contributed by atoms with Crippen LogP contribution in [0.5, 0.6) is 0 Å². The molecule has 1 amide bonds. The van der Waals surface area contributed by atoms with Crippen molar-refractivity contribution >= 4 is 21.8 Å². The van der Waals surface area contributed by atoms with Crippen molar-refractivity contribution in [1.29, 1.82) is 0 Å². The molecule has 0 bridgehead atoms. The number of carbonyl (C=O) groups is 1. The maximum Gasteiger partial charge on any atom is 0.244 e. The number of pyridine rings is 1. The van der Waals surface area contributed by atoms with E-state index in [1.807, 2.05) is 6.07 Å². The van der Waals surface area contributed by atoms with Crippen LogP contribution in [-0.2, 0) is 21.2 Å². The molecule has 27 heavy (non-hydrogen) atoms. The topological polar surface area (TPSA) is 76.1 Å². The first-order valence-corrected chi connectivity index (χ1v) is 9.79. The molecule has 0 saturated carbocycles. The average Bonchev–Trinajstić information content (AvgIpc) is 2.72. The fraction of sp³-hybridized carbons (Fsp3) is 0.0476. The lowest BCUT2D eigenvalue weighted by Crippen LogP contribution is -2.20. The molecule has 0 saturated heterocycles. The lowest BCUT2D eigenvalue weighted by Gasteiger charge is -2.07. The Bertz CT molecular complexity index is 1030. The number of benzene rings is 2. The zero-order valence-electron chi connectivity index (χ0n) is 14.4. The van der Waals surface area contributed by atoms with Crippen LogP contribution in [0.4, 0.5) is 0 Å². The van der Waals surface area contributed by atoms with Gasteiger partial charge in [-0.1, -0.05) is 36.4 Å². The lowest BCUT2D eigenvalue weighted by molar-refractivity contribution is -0.116. The number of rotatable bonds is 6. The van der Waals surface area contributed by atoms with Crippen molar-refractivity contribution in [1.82, 2.24) is 10.3 Å². The fourth-order valence-corrected chi connectivity index (χ4v) is 3.70. The number of amides is 1. The maximum absolute atomic E-state index is 12.5. The molecule has 0 aliphatic carbocycles. The molecule has 3 rings (SSSR count). The highest BCUT2D eigenvalue weighted by molar-refractivity contribution is 7.91. The molecule has 0 unspecified atom stereocenters. The van der Waals surface area contributed by atoms with E-state index in [9.17, 15) is 13.2 Å². The van der Waals surface area contributed by atoms with Crippen LogP contribution in [0.1, 0.15) is 11.1 Å². The van der Waals surface area contributed by atoms with E-state index in [2.05, 4.69) is 10.3 Å². The van der Waals surface area contributed by atoms with Crippen molar-refractivity contribution in [2.24, 2.45) is 0 Å². The minimum atomic E-state index is -3.53. The third kappa shape index (κ3) is 4.89. The summed E-state index contributed by atoms with van der Waals surface area (Å²) in [6.07, 6.45) is 6.44. The first kappa shape index (κ1) is 18.5. The normalized spacial score (nSPS) is 11.4. The van der Waals surface area contributed by atoms with Crippen LogP contribution >= 0.6 is 0 Å². The maximum atomic E-state index is 12.5. The van der Waals surface area contributed by atoms with Gasteiger partial charge in [0.05, 0.1) is 9.79 Å². The van der Waals surface area contributed by atoms with Crippen LogP contribution in [0.3, 0.4) is 0 Å². The molecular formula is C21H18N2O3S. The van der Waals surface area contributed by atoms with Crippen LogP contribution < -0.4 is 5.32 Å². The van der Waals surface area contributed by atoms with Gasteiger partial charge in [-0.2, -0.15) is 0 Å². The smallest absolute Gasteiger partial charge is 0.244 e. The third-order valence-electron chi connectivity index (χ3n) is 3.87. The SMILES string of the molecule is O=C(/C=C/c1cccnc1)NCc1ccc(S(=O)(=O)c2ccccc2)cc1. The molecule has 1 N–H and O–H groups in total. The molecule has 1 aromatic heterocycles. The summed E-state index contributed by atoms with van der Waals surface area (Å²) >= 11 is 0. The minimum absolute atomic E-state index is 0.222. The van der Waals surface area contributed by atoms with Crippen LogP contribution in [-0.4, -0.2) is 19.3 Å². The largest absolute Gasteiger partial charge is 0.348 e. The van der Waals surface area contributed by atoms with Crippen molar-refractivity contribution in [2.45, 2.75) is 16.3 Å². The molecular weight excluding hydrogens is 360 g/mol. The molecule has 5 nitrogen and oxygen atoms in total. The first-order chi connectivity index (χ1) is 13.1. The fourth-order valence-electron chi connectivity index (χ4n) is 2.42. The predicted molar refractivity (Wildman–Crippen MR) is 103 cm³/mol. The highest BCUT2D eigenvalue weighted by atomic mass is 32.2. The van der Waals surface area contributed by atoms with Gasteiger partial charge in [-0.3, -0.25) is 9.78 Å². The van der Waals surface area contributed by atoms with E-state index in [0.29, 0.717) is 6.54 Å². The number of carbonyl (C=O) groups excluding carboxylic acids is 1. The summed E-state index contributed by atoms with van der Waals surface area (Å²) in [5, 5.41) is 2.76. The van der Waals surface area contributed by atoms with Gasteiger partial charge in [0, 0.05) is 25.0 Å². The molecule has 3 aromatic rings. The average molecular weight is 378 g/mol. The Morgan fingerprint density at radius 1 is 0.926 bits per heavy atom. The van der Waals surface area contributed by atoms with Gasteiger partial charge < -0.3 is 5.32 Å². The highest BCUT2D eigenvalue weighted by Crippen LogP contribution is 2.20. The Morgan fingerprint density at radius 3 is 2.30 bits per heavy atom. The molecule has 6 heteroatoms. The van der Waals surface area contributed by atoms with Crippen LogP contribution in [0, 0.1) is 0 Å². The van der Waals surface area contributed by atoms with Crippen LogP contribution in [0.15, 0.2) is 95.0 Å². The first-order valence-electron chi connectivity index (χ1n) is 8.31. The standard InChI is InChI=1S/C21H18N2O3S/c24-21(13-10-17-5-4-14-22-15-17)23-16-18-8-11-20(12-9-18)27(25,26)19-6-2-1-3-7-19/h1-15H,16H2,(H,23,24)/b13-10+. The van der Waals surface area contributed by atoms with Gasteiger partial charge in [0.25, 0.3) is 0 Å². The van der Waals surface area contributed by atoms with E-state index >= 15 is 0 Å². The summed E-state index contributed by atoms with van der Waals surface area (Å²) < 4.78 is 25.1. The van der Waals surface area contributed by atoms with Crippen LogP contribution in [0.25, 0.3) is 6.08 Å². The van der Waals surface area contributed by atoms with E-state index in [-0.39, 0.29) is 15.7 Å². The summed E-state index contributed by atoms with van der Waals surface area (Å²) in [4.78, 5) is 16.3. The zero-order chi connectivity index (χ0) is 19.1. The predicted octanol–water partition coefficient (Wildman–Crippen LogP) is 3.24. The molecule has 2 aromatic carbocycles. The van der Waals surface area contributed by atoms with Gasteiger partial charge in [-0.15, -0.1) is 0 Å². The Balaban J connectivity index is 1.61. The number of nitrogens with zero attached hydrogens (tertiary/aromatic N) is 1. The minimum Gasteiger partial charge on any atom is -0.348 e. The van der Waals surface area contributed by atoms with Gasteiger partial charge in [0.2, 0.25) is 15.7 Å². The van der Waals surface area contributed by atoms with E-state index in [0.717, 1.165) is 11.1 Å². The van der Waals surface area contributed by atoms with Gasteiger partial charge in [0.15, 0.2) is 0 Å². The van der Waals surface area contributed by atoms with Gasteiger partial charge in [-0.25, -0.2) is 8.42 Å². The Labute approximate surface area is 158 Å². The molecule has 0 radical (unpaired) electrons. The molecule has 0 atom stereocenters. The summed E-state index contributed by atoms with van der Waals surface area (Å²) in [6, 6.07) is 18.4. The summed E-state index contributed by atoms with van der Waals surface area (Å²) in [5.74, 6) is -0.236. The molecule has 1 heterocycles. The second kappa shape index (κ2) is 8.42. The quantitative estimate of drug-likeness (QED) is 0.668. The number of hydrogen-bond acceptors (Lipinski definition) is 4. The molecule has 136 valence electrons. The molecule has 0 fully saturated rings. The van der Waals surface area contributed by atoms with Crippen molar-refractivity contribution in [3.8, 4) is 0 Å². The Morgan fingerprint density at radius 2 is 1.63 bits per heavy atom. The van der Waals surface area contributed by atoms with Crippen LogP contribution in [0.2, 0.25) is 0 Å². The third-order valence-corrected chi connectivity index (χ3v) is 5.65. The Kier molecular flexibility index (Phi) is 5.78. The highest BCUT2D eigenvalue weighted by Gasteiger charge is 2.16. The van der Waals surface area contributed by atoms with E-state index in [1.165, 1.54) is 6.08 Å². The molecule has 0 aliphatic rings. The number of sulfone groups is 1. The van der Waals surface area contributed by atoms with Gasteiger partial charge >= 0.3 is 0 Å². The summed E-state index contributed by atoms with van der Waals surface area (Å²) in [6.45, 7) is 0.307. The van der Waals surface area contributed by atoms with Crippen molar-refractivity contribution in [3.63, 3.8) is 0 Å². The van der Waals surface area contributed by atoms with Crippen molar-refractivity contribution < 1.29 is 13.2 Å². The molecule has 0 aliphatic heterocycles.